The van der Waals surface area contributed by atoms with Gasteiger partial charge in [-0.05, 0) is 54.1 Å². The van der Waals surface area contributed by atoms with E-state index >= 15 is 0 Å². The maximum Gasteiger partial charge on any atom is 0.253 e. The summed E-state index contributed by atoms with van der Waals surface area (Å²) in [5, 5.41) is 0.676. The van der Waals surface area contributed by atoms with Gasteiger partial charge in [0.2, 0.25) is 0 Å². The number of hydrogen-bond donors (Lipinski definition) is 0. The molecule has 0 spiro atoms. The van der Waals surface area contributed by atoms with E-state index in [4.69, 9.17) is 11.6 Å². The minimum atomic E-state index is -0.0122. The molecule has 0 radical (unpaired) electrons. The first-order valence-corrected chi connectivity index (χ1v) is 10.6. The molecule has 146 valence electrons. The molecule has 0 unspecified atom stereocenters. The number of carbonyl (C=O) groups is 1. The minimum absolute atomic E-state index is 0.0122. The van der Waals surface area contributed by atoms with Crippen molar-refractivity contribution in [3.05, 3.63) is 101 Å². The summed E-state index contributed by atoms with van der Waals surface area (Å²) >= 11 is 7.73. The first-order chi connectivity index (χ1) is 14.1. The number of amides is 1. The SMILES string of the molecule is CN(Cc1cccc(Cl)c1)C(=O)c1ccc(SCc2cn3ccccc3n2)cc1. The Kier molecular flexibility index (Phi) is 5.88. The highest BCUT2D eigenvalue weighted by atomic mass is 35.5. The van der Waals surface area contributed by atoms with Gasteiger partial charge in [0.1, 0.15) is 5.65 Å². The average molecular weight is 422 g/mol. The lowest BCUT2D eigenvalue weighted by atomic mass is 10.1. The average Bonchev–Trinajstić information content (AvgIpc) is 3.15. The molecule has 0 saturated carbocycles. The van der Waals surface area contributed by atoms with E-state index < -0.39 is 0 Å². The summed E-state index contributed by atoms with van der Waals surface area (Å²) < 4.78 is 2.02. The molecule has 2 aromatic heterocycles. The summed E-state index contributed by atoms with van der Waals surface area (Å²) in [4.78, 5) is 20.1. The summed E-state index contributed by atoms with van der Waals surface area (Å²) in [5.41, 5.74) is 3.66. The highest BCUT2D eigenvalue weighted by molar-refractivity contribution is 7.98. The molecule has 0 N–H and O–H groups in total. The Hall–Kier alpha value is -2.76. The number of aromatic nitrogens is 2. The third-order valence-corrected chi connectivity index (χ3v) is 5.84. The van der Waals surface area contributed by atoms with Gasteiger partial charge < -0.3 is 9.30 Å². The van der Waals surface area contributed by atoms with E-state index in [0.717, 1.165) is 27.6 Å². The summed E-state index contributed by atoms with van der Waals surface area (Å²) in [7, 11) is 1.80. The van der Waals surface area contributed by atoms with Crippen LogP contribution in [0.5, 0.6) is 0 Å². The van der Waals surface area contributed by atoms with E-state index in [1.54, 1.807) is 23.7 Å². The molecule has 0 bridgehead atoms. The van der Waals surface area contributed by atoms with E-state index in [1.165, 1.54) is 0 Å². The first kappa shape index (κ1) is 19.6. The number of carbonyl (C=O) groups excluding carboxylic acids is 1. The lowest BCUT2D eigenvalue weighted by Gasteiger charge is -2.17. The zero-order valence-corrected chi connectivity index (χ0v) is 17.5. The highest BCUT2D eigenvalue weighted by Crippen LogP contribution is 2.23. The van der Waals surface area contributed by atoms with E-state index in [2.05, 4.69) is 4.98 Å². The number of benzene rings is 2. The summed E-state index contributed by atoms with van der Waals surface area (Å²) in [6, 6.07) is 21.3. The van der Waals surface area contributed by atoms with Gasteiger partial charge in [-0.1, -0.05) is 29.8 Å². The van der Waals surface area contributed by atoms with Gasteiger partial charge in [0.25, 0.3) is 5.91 Å². The lowest BCUT2D eigenvalue weighted by Crippen LogP contribution is -2.26. The van der Waals surface area contributed by atoms with Gasteiger partial charge >= 0.3 is 0 Å². The molecule has 4 aromatic rings. The van der Waals surface area contributed by atoms with Gasteiger partial charge in [-0.25, -0.2) is 4.98 Å². The van der Waals surface area contributed by atoms with Crippen molar-refractivity contribution in [3.63, 3.8) is 0 Å². The number of imidazole rings is 1. The van der Waals surface area contributed by atoms with Crippen molar-refractivity contribution in [1.82, 2.24) is 14.3 Å². The van der Waals surface area contributed by atoms with Gasteiger partial charge in [-0.2, -0.15) is 0 Å². The lowest BCUT2D eigenvalue weighted by molar-refractivity contribution is 0.0785. The zero-order chi connectivity index (χ0) is 20.2. The minimum Gasteiger partial charge on any atom is -0.337 e. The van der Waals surface area contributed by atoms with Crippen LogP contribution < -0.4 is 0 Å². The third-order valence-electron chi connectivity index (χ3n) is 4.56. The van der Waals surface area contributed by atoms with Gasteiger partial charge in [0.05, 0.1) is 5.69 Å². The van der Waals surface area contributed by atoms with Crippen LogP contribution in [-0.4, -0.2) is 27.2 Å². The maximum atomic E-state index is 12.7. The molecule has 2 heterocycles. The molecule has 0 aliphatic heterocycles. The molecule has 2 aromatic carbocycles. The second kappa shape index (κ2) is 8.72. The number of hydrogen-bond acceptors (Lipinski definition) is 3. The molecule has 0 fully saturated rings. The number of nitrogens with zero attached hydrogens (tertiary/aromatic N) is 3. The monoisotopic (exact) mass is 421 g/mol. The van der Waals surface area contributed by atoms with Crippen LogP contribution in [0.15, 0.2) is 84.0 Å². The second-order valence-electron chi connectivity index (χ2n) is 6.80. The van der Waals surface area contributed by atoms with Crippen LogP contribution in [0.4, 0.5) is 0 Å². The van der Waals surface area contributed by atoms with E-state index in [9.17, 15) is 4.79 Å². The maximum absolute atomic E-state index is 12.7. The Labute approximate surface area is 179 Å². The predicted octanol–water partition coefficient (Wildman–Crippen LogP) is 5.55. The van der Waals surface area contributed by atoms with Gasteiger partial charge in [-0.3, -0.25) is 4.79 Å². The molecule has 0 saturated heterocycles. The third kappa shape index (κ3) is 4.81. The van der Waals surface area contributed by atoms with Crippen molar-refractivity contribution in [2.24, 2.45) is 0 Å². The second-order valence-corrected chi connectivity index (χ2v) is 8.29. The summed E-state index contributed by atoms with van der Waals surface area (Å²) in [6.07, 6.45) is 4.04. The molecule has 0 aliphatic rings. The van der Waals surface area contributed by atoms with Crippen LogP contribution in [0, 0.1) is 0 Å². The molecule has 29 heavy (non-hydrogen) atoms. The van der Waals surface area contributed by atoms with E-state index in [0.29, 0.717) is 17.1 Å². The van der Waals surface area contributed by atoms with Crippen molar-refractivity contribution < 1.29 is 4.79 Å². The van der Waals surface area contributed by atoms with Gasteiger partial charge in [-0.15, -0.1) is 11.8 Å². The standard InChI is InChI=1S/C23H20ClN3OS/c1-26(14-17-5-4-6-19(24)13-17)23(28)18-8-10-21(11-9-18)29-16-20-15-27-12-3-2-7-22(27)25-20/h2-13,15H,14,16H2,1H3. The number of fused-ring (bicyclic) bond motifs is 1. The summed E-state index contributed by atoms with van der Waals surface area (Å²) in [5.74, 6) is 0.769. The summed E-state index contributed by atoms with van der Waals surface area (Å²) in [6.45, 7) is 0.518. The molecule has 0 aliphatic carbocycles. The normalized spacial score (nSPS) is 11.0. The molecule has 4 nitrogen and oxygen atoms in total. The highest BCUT2D eigenvalue weighted by Gasteiger charge is 2.12. The molecule has 0 atom stereocenters. The molecule has 1 amide bonds. The Bertz CT molecular complexity index is 1110. The fourth-order valence-corrected chi connectivity index (χ4v) is 4.10. The van der Waals surface area contributed by atoms with Crippen LogP contribution >= 0.6 is 23.4 Å². The van der Waals surface area contributed by atoms with Crippen molar-refractivity contribution in [3.8, 4) is 0 Å². The van der Waals surface area contributed by atoms with Gasteiger partial charge in [0, 0.05) is 47.2 Å². The number of thioether (sulfide) groups is 1. The van der Waals surface area contributed by atoms with Crippen molar-refractivity contribution in [2.75, 3.05) is 7.05 Å². The van der Waals surface area contributed by atoms with Crippen LogP contribution in [0.3, 0.4) is 0 Å². The van der Waals surface area contributed by atoms with Gasteiger partial charge in [0.15, 0.2) is 0 Å². The Morgan fingerprint density at radius 2 is 1.93 bits per heavy atom. The molecule has 4 rings (SSSR count). The number of pyridine rings is 1. The number of rotatable bonds is 6. The van der Waals surface area contributed by atoms with Crippen molar-refractivity contribution in [1.29, 1.82) is 0 Å². The predicted molar refractivity (Wildman–Crippen MR) is 118 cm³/mol. The molecular weight excluding hydrogens is 402 g/mol. The fraction of sp³-hybridized carbons (Fsp3) is 0.130. The first-order valence-electron chi connectivity index (χ1n) is 9.24. The van der Waals surface area contributed by atoms with E-state index in [1.807, 2.05) is 83.5 Å². The fourth-order valence-electron chi connectivity index (χ4n) is 3.11. The van der Waals surface area contributed by atoms with Crippen LogP contribution in [0.2, 0.25) is 5.02 Å². The smallest absolute Gasteiger partial charge is 0.253 e. The number of halogens is 1. The zero-order valence-electron chi connectivity index (χ0n) is 16.0. The Balaban J connectivity index is 1.37. The van der Waals surface area contributed by atoms with Crippen LogP contribution in [0.1, 0.15) is 21.6 Å². The largest absolute Gasteiger partial charge is 0.337 e. The van der Waals surface area contributed by atoms with Crippen molar-refractivity contribution >= 4 is 34.9 Å². The van der Waals surface area contributed by atoms with Crippen LogP contribution in [-0.2, 0) is 12.3 Å². The molecular formula is C23H20ClN3OS. The quantitative estimate of drug-likeness (QED) is 0.383. The van der Waals surface area contributed by atoms with Crippen LogP contribution in [0.25, 0.3) is 5.65 Å². The molecule has 6 heteroatoms. The Morgan fingerprint density at radius 3 is 2.69 bits per heavy atom. The Morgan fingerprint density at radius 1 is 1.10 bits per heavy atom. The van der Waals surface area contributed by atoms with E-state index in [-0.39, 0.29) is 5.91 Å². The van der Waals surface area contributed by atoms with Crippen molar-refractivity contribution in [2.45, 2.75) is 17.2 Å². The topological polar surface area (TPSA) is 37.6 Å².